The van der Waals surface area contributed by atoms with Gasteiger partial charge >= 0.3 is 0 Å². The number of phenols is 2. The standard InChI is InChI=1S/C11H11NO2.C2H6/c1-7-3-8-4-10(13)11(14)5-9(8)12(2)6-7;1-2/h3-6,13H,1-2H3;1-2H3/p+1. The van der Waals surface area contributed by atoms with Gasteiger partial charge in [-0.3, -0.25) is 0 Å². The Morgan fingerprint density at radius 3 is 2.19 bits per heavy atom. The lowest BCUT2D eigenvalue weighted by molar-refractivity contribution is -0.645. The molecule has 1 heterocycles. The Morgan fingerprint density at radius 2 is 1.56 bits per heavy atom. The second-order valence-electron chi connectivity index (χ2n) is 3.53. The van der Waals surface area contributed by atoms with E-state index in [1.54, 1.807) is 12.1 Å². The molecule has 0 aliphatic carbocycles. The third-order valence-corrected chi connectivity index (χ3v) is 2.28. The van der Waals surface area contributed by atoms with Gasteiger partial charge in [0.15, 0.2) is 17.7 Å². The molecule has 0 spiro atoms. The normalized spacial score (nSPS) is 9.75. The highest BCUT2D eigenvalue weighted by molar-refractivity contribution is 5.80. The fraction of sp³-hybridized carbons (Fsp3) is 0.308. The Morgan fingerprint density at radius 1 is 1.00 bits per heavy atom. The number of benzene rings is 1. The number of aromatic nitrogens is 1. The molecule has 0 bridgehead atoms. The van der Waals surface area contributed by atoms with Crippen molar-refractivity contribution in [2.45, 2.75) is 20.8 Å². The smallest absolute Gasteiger partial charge is 0.216 e. The van der Waals surface area contributed by atoms with E-state index in [2.05, 4.69) is 0 Å². The van der Waals surface area contributed by atoms with Crippen molar-refractivity contribution in [3.63, 3.8) is 0 Å². The number of pyridine rings is 1. The fourth-order valence-corrected chi connectivity index (χ4v) is 1.66. The van der Waals surface area contributed by atoms with Crippen LogP contribution in [0, 0.1) is 6.92 Å². The lowest BCUT2D eigenvalue weighted by atomic mass is 10.1. The number of hydrogen-bond donors (Lipinski definition) is 2. The van der Waals surface area contributed by atoms with Crippen molar-refractivity contribution < 1.29 is 14.8 Å². The maximum atomic E-state index is 9.35. The van der Waals surface area contributed by atoms with Crippen LogP contribution in [0.15, 0.2) is 24.4 Å². The predicted octanol–water partition coefficient (Wildman–Crippen LogP) is 2.41. The van der Waals surface area contributed by atoms with Gasteiger partial charge in [0.25, 0.3) is 0 Å². The molecule has 0 saturated heterocycles. The fourth-order valence-electron chi connectivity index (χ4n) is 1.66. The first kappa shape index (κ1) is 12.3. The third-order valence-electron chi connectivity index (χ3n) is 2.28. The minimum Gasteiger partial charge on any atom is -0.504 e. The largest absolute Gasteiger partial charge is 0.504 e. The van der Waals surface area contributed by atoms with Gasteiger partial charge in [0.1, 0.15) is 7.05 Å². The van der Waals surface area contributed by atoms with Crippen LogP contribution in [-0.2, 0) is 7.05 Å². The summed E-state index contributed by atoms with van der Waals surface area (Å²) in [6.07, 6.45) is 1.97. The predicted molar refractivity (Wildman–Crippen MR) is 64.5 cm³/mol. The number of fused-ring (bicyclic) bond motifs is 1. The van der Waals surface area contributed by atoms with Crippen molar-refractivity contribution in [3.8, 4) is 11.5 Å². The summed E-state index contributed by atoms with van der Waals surface area (Å²) in [7, 11) is 1.91. The number of aromatic hydroxyl groups is 2. The molecule has 0 aliphatic rings. The van der Waals surface area contributed by atoms with Crippen LogP contribution in [0.1, 0.15) is 19.4 Å². The summed E-state index contributed by atoms with van der Waals surface area (Å²) in [6, 6.07) is 5.09. The van der Waals surface area contributed by atoms with Gasteiger partial charge in [-0.15, -0.1) is 0 Å². The van der Waals surface area contributed by atoms with Crippen LogP contribution in [0.4, 0.5) is 0 Å². The van der Waals surface area contributed by atoms with E-state index in [1.807, 2.05) is 44.6 Å². The molecule has 2 rings (SSSR count). The average Bonchev–Trinajstić information content (AvgIpc) is 2.24. The molecule has 1 aromatic heterocycles. The van der Waals surface area contributed by atoms with Gasteiger partial charge in [0.05, 0.1) is 11.5 Å². The Balaban J connectivity index is 0.000000606. The Hall–Kier alpha value is -1.77. The molecule has 0 amide bonds. The maximum absolute atomic E-state index is 9.35. The van der Waals surface area contributed by atoms with E-state index in [0.717, 1.165) is 16.5 Å². The molecule has 2 N–H and O–H groups in total. The molecular weight excluding hydrogens is 202 g/mol. The van der Waals surface area contributed by atoms with Crippen LogP contribution < -0.4 is 4.57 Å². The zero-order chi connectivity index (χ0) is 12.3. The zero-order valence-electron chi connectivity index (χ0n) is 10.2. The topological polar surface area (TPSA) is 44.3 Å². The summed E-state index contributed by atoms with van der Waals surface area (Å²) in [4.78, 5) is 0. The lowest BCUT2D eigenvalue weighted by Gasteiger charge is -2.01. The molecule has 16 heavy (non-hydrogen) atoms. The second-order valence-corrected chi connectivity index (χ2v) is 3.53. The zero-order valence-corrected chi connectivity index (χ0v) is 10.2. The Bertz CT molecular complexity index is 507. The van der Waals surface area contributed by atoms with E-state index in [9.17, 15) is 10.2 Å². The Kier molecular flexibility index (Phi) is 3.72. The first-order valence-corrected chi connectivity index (χ1v) is 5.40. The van der Waals surface area contributed by atoms with Gasteiger partial charge in [-0.1, -0.05) is 13.8 Å². The molecular formula is C13H18NO2+. The molecule has 0 aliphatic heterocycles. The van der Waals surface area contributed by atoms with E-state index in [-0.39, 0.29) is 11.5 Å². The maximum Gasteiger partial charge on any atom is 0.216 e. The number of phenolic OH excluding ortho intramolecular Hbond substituents is 2. The van der Waals surface area contributed by atoms with Crippen molar-refractivity contribution in [1.82, 2.24) is 0 Å². The highest BCUT2D eigenvalue weighted by atomic mass is 16.3. The second kappa shape index (κ2) is 4.84. The minimum absolute atomic E-state index is 0.0805. The summed E-state index contributed by atoms with van der Waals surface area (Å²) in [5.41, 5.74) is 2.01. The van der Waals surface area contributed by atoms with Crippen LogP contribution in [0.2, 0.25) is 0 Å². The van der Waals surface area contributed by atoms with Crippen molar-refractivity contribution in [1.29, 1.82) is 0 Å². The van der Waals surface area contributed by atoms with Crippen LogP contribution in [0.25, 0.3) is 10.9 Å². The average molecular weight is 220 g/mol. The van der Waals surface area contributed by atoms with Crippen molar-refractivity contribution >= 4 is 10.9 Å². The number of aryl methyl sites for hydroxylation is 2. The van der Waals surface area contributed by atoms with E-state index in [4.69, 9.17) is 0 Å². The molecule has 1 aromatic carbocycles. The number of hydrogen-bond acceptors (Lipinski definition) is 2. The summed E-state index contributed by atoms with van der Waals surface area (Å²) in [6.45, 7) is 5.99. The molecule has 0 atom stereocenters. The van der Waals surface area contributed by atoms with E-state index in [1.165, 1.54) is 0 Å². The molecule has 2 aromatic rings. The first-order chi connectivity index (χ1) is 7.58. The van der Waals surface area contributed by atoms with Crippen LogP contribution in [0.5, 0.6) is 11.5 Å². The first-order valence-electron chi connectivity index (χ1n) is 5.40. The number of rotatable bonds is 0. The quantitative estimate of drug-likeness (QED) is 0.529. The van der Waals surface area contributed by atoms with E-state index >= 15 is 0 Å². The third kappa shape index (κ3) is 2.24. The van der Waals surface area contributed by atoms with Gasteiger partial charge in [-0.05, 0) is 19.1 Å². The summed E-state index contributed by atoms with van der Waals surface area (Å²) < 4.78 is 1.92. The van der Waals surface area contributed by atoms with Gasteiger partial charge in [0.2, 0.25) is 5.52 Å². The molecule has 0 radical (unpaired) electrons. The van der Waals surface area contributed by atoms with Gasteiger partial charge < -0.3 is 10.2 Å². The van der Waals surface area contributed by atoms with Crippen LogP contribution in [0.3, 0.4) is 0 Å². The summed E-state index contributed by atoms with van der Waals surface area (Å²) in [5, 5.41) is 19.6. The molecule has 0 saturated carbocycles. The van der Waals surface area contributed by atoms with Gasteiger partial charge in [-0.2, -0.15) is 0 Å². The Labute approximate surface area is 95.6 Å². The highest BCUT2D eigenvalue weighted by Crippen LogP contribution is 2.28. The summed E-state index contributed by atoms with van der Waals surface area (Å²) in [5.74, 6) is -0.167. The van der Waals surface area contributed by atoms with E-state index in [0.29, 0.717) is 0 Å². The monoisotopic (exact) mass is 220 g/mol. The van der Waals surface area contributed by atoms with Crippen LogP contribution >= 0.6 is 0 Å². The van der Waals surface area contributed by atoms with Gasteiger partial charge in [0, 0.05) is 5.56 Å². The van der Waals surface area contributed by atoms with Crippen molar-refractivity contribution in [2.75, 3.05) is 0 Å². The van der Waals surface area contributed by atoms with E-state index < -0.39 is 0 Å². The van der Waals surface area contributed by atoms with Crippen LogP contribution in [-0.4, -0.2) is 10.2 Å². The molecule has 0 fully saturated rings. The summed E-state index contributed by atoms with van der Waals surface area (Å²) >= 11 is 0. The molecule has 3 heteroatoms. The van der Waals surface area contributed by atoms with Crippen molar-refractivity contribution in [3.05, 3.63) is 30.0 Å². The molecule has 0 unspecified atom stereocenters. The molecule has 3 nitrogen and oxygen atoms in total. The lowest BCUT2D eigenvalue weighted by Crippen LogP contribution is -2.28. The van der Waals surface area contributed by atoms with Crippen molar-refractivity contribution in [2.24, 2.45) is 7.05 Å². The minimum atomic E-state index is -0.0862. The SMILES string of the molecule is CC.Cc1cc2cc(O)c(O)cc2[n+](C)c1. The number of nitrogens with zero attached hydrogens (tertiary/aromatic N) is 1. The van der Waals surface area contributed by atoms with Gasteiger partial charge in [-0.25, -0.2) is 4.57 Å². The molecule has 86 valence electrons. The highest BCUT2D eigenvalue weighted by Gasteiger charge is 2.10.